The number of anilines is 2. The third kappa shape index (κ3) is 3.32. The molecule has 94 valence electrons. The minimum absolute atomic E-state index is 0.306. The van der Waals surface area contributed by atoms with Gasteiger partial charge in [-0.1, -0.05) is 0 Å². The molecule has 1 aromatic rings. The van der Waals surface area contributed by atoms with Crippen LogP contribution in [0.4, 0.5) is 11.5 Å². The Morgan fingerprint density at radius 2 is 2.24 bits per heavy atom. The monoisotopic (exact) mass is 239 g/mol. The number of esters is 1. The number of aromatic nitrogens is 1. The van der Waals surface area contributed by atoms with E-state index in [1.54, 1.807) is 13.2 Å². The molecule has 0 saturated carbocycles. The fraction of sp³-hybridized carbons (Fsp3) is 0.455. The van der Waals surface area contributed by atoms with E-state index in [4.69, 9.17) is 10.5 Å². The fourth-order valence-electron chi connectivity index (χ4n) is 1.29. The molecule has 0 fully saturated rings. The molecule has 0 aliphatic rings. The molecule has 2 N–H and O–H groups in total. The summed E-state index contributed by atoms with van der Waals surface area (Å²) in [6, 6.07) is 1.61. The van der Waals surface area contributed by atoms with Crippen molar-refractivity contribution in [1.82, 2.24) is 4.98 Å². The largest absolute Gasteiger partial charge is 0.465 e. The smallest absolute Gasteiger partial charge is 0.340 e. The van der Waals surface area contributed by atoms with Crippen LogP contribution in [-0.2, 0) is 9.47 Å². The lowest BCUT2D eigenvalue weighted by Crippen LogP contribution is -2.23. The van der Waals surface area contributed by atoms with Crippen molar-refractivity contribution in [2.75, 3.05) is 45.1 Å². The van der Waals surface area contributed by atoms with Gasteiger partial charge in [0, 0.05) is 20.7 Å². The summed E-state index contributed by atoms with van der Waals surface area (Å²) in [6.07, 6.45) is 1.45. The summed E-state index contributed by atoms with van der Waals surface area (Å²) in [5, 5.41) is 0. The number of hydrogen-bond donors (Lipinski definition) is 1. The number of ether oxygens (including phenoxy) is 2. The van der Waals surface area contributed by atoms with Crippen molar-refractivity contribution in [1.29, 1.82) is 0 Å². The topological polar surface area (TPSA) is 77.7 Å². The number of pyridine rings is 1. The van der Waals surface area contributed by atoms with Crippen LogP contribution in [0.2, 0.25) is 0 Å². The van der Waals surface area contributed by atoms with Gasteiger partial charge in [0.1, 0.15) is 5.82 Å². The summed E-state index contributed by atoms with van der Waals surface area (Å²) in [6.45, 7) is 1.25. The number of methoxy groups -OCH3 is 2. The Morgan fingerprint density at radius 3 is 2.82 bits per heavy atom. The summed E-state index contributed by atoms with van der Waals surface area (Å²) in [4.78, 5) is 17.5. The van der Waals surface area contributed by atoms with Gasteiger partial charge in [0.2, 0.25) is 0 Å². The van der Waals surface area contributed by atoms with Crippen LogP contribution in [-0.4, -0.2) is 45.4 Å². The minimum Gasteiger partial charge on any atom is -0.465 e. The van der Waals surface area contributed by atoms with Crippen LogP contribution >= 0.6 is 0 Å². The molecule has 0 amide bonds. The number of carbonyl (C=O) groups excluding carboxylic acids is 1. The first-order chi connectivity index (χ1) is 8.10. The maximum Gasteiger partial charge on any atom is 0.340 e. The molecule has 1 aromatic heterocycles. The van der Waals surface area contributed by atoms with Gasteiger partial charge in [-0.05, 0) is 6.07 Å². The molecule has 0 saturated heterocycles. The van der Waals surface area contributed by atoms with E-state index in [-0.39, 0.29) is 0 Å². The first kappa shape index (κ1) is 13.2. The average molecular weight is 239 g/mol. The van der Waals surface area contributed by atoms with E-state index in [1.165, 1.54) is 13.3 Å². The van der Waals surface area contributed by atoms with Gasteiger partial charge >= 0.3 is 5.97 Å². The molecule has 1 rings (SSSR count). The van der Waals surface area contributed by atoms with Gasteiger partial charge in [-0.2, -0.15) is 0 Å². The van der Waals surface area contributed by atoms with E-state index in [0.29, 0.717) is 30.2 Å². The second kappa shape index (κ2) is 6.05. The van der Waals surface area contributed by atoms with Crippen LogP contribution in [0.3, 0.4) is 0 Å². The highest BCUT2D eigenvalue weighted by Gasteiger charge is 2.13. The molecule has 0 bridgehead atoms. The zero-order chi connectivity index (χ0) is 12.8. The molecular weight excluding hydrogens is 222 g/mol. The van der Waals surface area contributed by atoms with E-state index in [1.807, 2.05) is 11.9 Å². The van der Waals surface area contributed by atoms with E-state index >= 15 is 0 Å². The van der Waals surface area contributed by atoms with Crippen LogP contribution in [0.5, 0.6) is 0 Å². The first-order valence-corrected chi connectivity index (χ1v) is 5.14. The Bertz CT molecular complexity index is 396. The van der Waals surface area contributed by atoms with Gasteiger partial charge in [0.25, 0.3) is 0 Å². The SMILES string of the molecule is COCCN(C)c1cc(C(=O)OC)c(N)cn1. The molecule has 0 atom stereocenters. The van der Waals surface area contributed by atoms with Crippen molar-refractivity contribution in [2.45, 2.75) is 0 Å². The Kier molecular flexibility index (Phi) is 4.71. The highest BCUT2D eigenvalue weighted by atomic mass is 16.5. The summed E-state index contributed by atoms with van der Waals surface area (Å²) < 4.78 is 9.61. The predicted octanol–water partition coefficient (Wildman–Crippen LogP) is 0.533. The predicted molar refractivity (Wildman–Crippen MR) is 65.1 cm³/mol. The highest BCUT2D eigenvalue weighted by Crippen LogP contribution is 2.17. The molecule has 0 aromatic carbocycles. The zero-order valence-corrected chi connectivity index (χ0v) is 10.3. The van der Waals surface area contributed by atoms with Crippen molar-refractivity contribution < 1.29 is 14.3 Å². The summed E-state index contributed by atoms with van der Waals surface area (Å²) in [5.74, 6) is 0.183. The third-order valence-electron chi connectivity index (χ3n) is 2.35. The Morgan fingerprint density at radius 1 is 1.53 bits per heavy atom. The van der Waals surface area contributed by atoms with Crippen LogP contribution in [0.25, 0.3) is 0 Å². The minimum atomic E-state index is -0.466. The maximum atomic E-state index is 11.4. The van der Waals surface area contributed by atoms with Crippen LogP contribution < -0.4 is 10.6 Å². The lowest BCUT2D eigenvalue weighted by atomic mass is 10.2. The highest BCUT2D eigenvalue weighted by molar-refractivity contribution is 5.95. The normalized spacial score (nSPS) is 10.1. The average Bonchev–Trinajstić information content (AvgIpc) is 2.35. The van der Waals surface area contributed by atoms with Crippen molar-refractivity contribution >= 4 is 17.5 Å². The van der Waals surface area contributed by atoms with Gasteiger partial charge in [0.15, 0.2) is 0 Å². The second-order valence-electron chi connectivity index (χ2n) is 3.54. The van der Waals surface area contributed by atoms with Crippen molar-refractivity contribution in [3.8, 4) is 0 Å². The number of nitrogens with two attached hydrogens (primary N) is 1. The number of likely N-dealkylation sites (N-methyl/N-ethyl adjacent to an activating group) is 1. The number of carbonyl (C=O) groups is 1. The number of nitrogens with zero attached hydrogens (tertiary/aromatic N) is 2. The second-order valence-corrected chi connectivity index (χ2v) is 3.54. The summed E-state index contributed by atoms with van der Waals surface area (Å²) >= 11 is 0. The van der Waals surface area contributed by atoms with E-state index in [2.05, 4.69) is 9.72 Å². The molecule has 0 spiro atoms. The quantitative estimate of drug-likeness (QED) is 0.755. The molecule has 0 radical (unpaired) electrons. The fourth-order valence-corrected chi connectivity index (χ4v) is 1.29. The van der Waals surface area contributed by atoms with E-state index in [9.17, 15) is 4.79 Å². The first-order valence-electron chi connectivity index (χ1n) is 5.14. The molecule has 0 aliphatic heterocycles. The van der Waals surface area contributed by atoms with Crippen molar-refractivity contribution in [2.24, 2.45) is 0 Å². The van der Waals surface area contributed by atoms with Crippen LogP contribution in [0, 0.1) is 0 Å². The van der Waals surface area contributed by atoms with Gasteiger partial charge < -0.3 is 20.1 Å². The third-order valence-corrected chi connectivity index (χ3v) is 2.35. The van der Waals surface area contributed by atoms with E-state index < -0.39 is 5.97 Å². The standard InChI is InChI=1S/C11H17N3O3/c1-14(4-5-16-2)10-6-8(11(15)17-3)9(12)7-13-10/h6-7H,4-5,12H2,1-3H3. The number of rotatable bonds is 5. The molecular formula is C11H17N3O3. The van der Waals surface area contributed by atoms with Crippen molar-refractivity contribution in [3.63, 3.8) is 0 Å². The molecule has 17 heavy (non-hydrogen) atoms. The van der Waals surface area contributed by atoms with Crippen molar-refractivity contribution in [3.05, 3.63) is 17.8 Å². The Hall–Kier alpha value is -1.82. The molecule has 0 unspecified atom stereocenters. The molecule has 0 aliphatic carbocycles. The van der Waals surface area contributed by atoms with E-state index in [0.717, 1.165) is 0 Å². The zero-order valence-electron chi connectivity index (χ0n) is 10.3. The lowest BCUT2D eigenvalue weighted by Gasteiger charge is -2.18. The van der Waals surface area contributed by atoms with Gasteiger partial charge in [-0.15, -0.1) is 0 Å². The Balaban J connectivity index is 2.91. The van der Waals surface area contributed by atoms with Gasteiger partial charge in [0.05, 0.1) is 31.2 Å². The molecule has 6 heteroatoms. The molecule has 1 heterocycles. The van der Waals surface area contributed by atoms with Gasteiger partial charge in [-0.25, -0.2) is 9.78 Å². The summed E-state index contributed by atoms with van der Waals surface area (Å²) in [7, 11) is 4.80. The molecule has 6 nitrogen and oxygen atoms in total. The number of hydrogen-bond acceptors (Lipinski definition) is 6. The maximum absolute atomic E-state index is 11.4. The van der Waals surface area contributed by atoms with Crippen LogP contribution in [0.1, 0.15) is 10.4 Å². The Labute approximate surface area is 100 Å². The van der Waals surface area contributed by atoms with Gasteiger partial charge in [-0.3, -0.25) is 0 Å². The van der Waals surface area contributed by atoms with Crippen LogP contribution in [0.15, 0.2) is 12.3 Å². The summed E-state index contributed by atoms with van der Waals surface area (Å²) in [5.41, 5.74) is 6.29. The lowest BCUT2D eigenvalue weighted by molar-refractivity contribution is 0.0602. The number of nitrogen functional groups attached to an aromatic ring is 1.